The minimum atomic E-state index is -0.378. The molecule has 1 N–H and O–H groups in total. The maximum atomic E-state index is 11.4. The molecule has 0 aromatic rings. The number of rotatable bonds is 3. The summed E-state index contributed by atoms with van der Waals surface area (Å²) in [7, 11) is 0. The number of hydrogen-bond acceptors (Lipinski definition) is 2. The quantitative estimate of drug-likeness (QED) is 0.689. The summed E-state index contributed by atoms with van der Waals surface area (Å²) in [4.78, 5) is 11.4. The molecule has 0 radical (unpaired) electrons. The van der Waals surface area contributed by atoms with Crippen LogP contribution in [0.2, 0.25) is 0 Å². The summed E-state index contributed by atoms with van der Waals surface area (Å²) >= 11 is 0. The fourth-order valence-corrected chi connectivity index (χ4v) is 1.34. The molecule has 0 saturated heterocycles. The van der Waals surface area contributed by atoms with Gasteiger partial charge in [-0.05, 0) is 25.8 Å². The van der Waals surface area contributed by atoms with Crippen LogP contribution in [0.25, 0.3) is 0 Å². The first-order chi connectivity index (χ1) is 5.69. The maximum Gasteiger partial charge on any atom is 0.165 e. The summed E-state index contributed by atoms with van der Waals surface area (Å²) in [5.74, 6) is 0.137. The van der Waals surface area contributed by atoms with Crippen LogP contribution in [0.5, 0.6) is 0 Å². The Morgan fingerprint density at radius 2 is 2.25 bits per heavy atom. The second-order valence-corrected chi connectivity index (χ2v) is 3.33. The topological polar surface area (TPSA) is 37.3 Å². The van der Waals surface area contributed by atoms with Gasteiger partial charge in [-0.25, -0.2) is 0 Å². The zero-order valence-corrected chi connectivity index (χ0v) is 7.29. The van der Waals surface area contributed by atoms with Crippen molar-refractivity contribution >= 4 is 5.78 Å². The van der Waals surface area contributed by atoms with Crippen molar-refractivity contribution in [1.29, 1.82) is 0 Å². The fourth-order valence-electron chi connectivity index (χ4n) is 1.34. The van der Waals surface area contributed by atoms with Gasteiger partial charge in [0.25, 0.3) is 0 Å². The lowest BCUT2D eigenvalue weighted by molar-refractivity contribution is -0.121. The fraction of sp³-hybridized carbons (Fsp3) is 0.500. The van der Waals surface area contributed by atoms with Crippen LogP contribution in [-0.4, -0.2) is 17.5 Å². The molecule has 0 amide bonds. The molecule has 1 aliphatic rings. The lowest BCUT2D eigenvalue weighted by atomic mass is 9.79. The molecule has 0 fully saturated rings. The summed E-state index contributed by atoms with van der Waals surface area (Å²) in [5, 5.41) is 8.64. The molecule has 66 valence electrons. The Morgan fingerprint density at radius 1 is 1.50 bits per heavy atom. The average molecular weight is 166 g/mol. The number of carbonyl (C=O) groups is 1. The third kappa shape index (κ3) is 1.83. The van der Waals surface area contributed by atoms with Crippen molar-refractivity contribution in [3.63, 3.8) is 0 Å². The first-order valence-corrected chi connectivity index (χ1v) is 4.20. The van der Waals surface area contributed by atoms with Gasteiger partial charge in [-0.3, -0.25) is 4.79 Å². The SMILES string of the molecule is CC1(CCCO)C=CC=CC1=O. The molecule has 0 heterocycles. The first kappa shape index (κ1) is 9.20. The van der Waals surface area contributed by atoms with E-state index in [1.165, 1.54) is 0 Å². The van der Waals surface area contributed by atoms with Crippen molar-refractivity contribution in [2.75, 3.05) is 6.61 Å². The highest BCUT2D eigenvalue weighted by atomic mass is 16.2. The van der Waals surface area contributed by atoms with Crippen LogP contribution in [0.3, 0.4) is 0 Å². The lowest BCUT2D eigenvalue weighted by Gasteiger charge is -2.24. The molecule has 1 rings (SSSR count). The van der Waals surface area contributed by atoms with Crippen LogP contribution in [0.1, 0.15) is 19.8 Å². The van der Waals surface area contributed by atoms with E-state index in [1.807, 2.05) is 19.1 Å². The molecule has 0 spiro atoms. The van der Waals surface area contributed by atoms with Crippen LogP contribution in [0.15, 0.2) is 24.3 Å². The summed E-state index contributed by atoms with van der Waals surface area (Å²) in [6.45, 7) is 2.06. The molecule has 0 saturated carbocycles. The van der Waals surface area contributed by atoms with E-state index in [0.717, 1.165) is 6.42 Å². The number of aliphatic hydroxyl groups is 1. The minimum absolute atomic E-state index is 0.137. The van der Waals surface area contributed by atoms with Gasteiger partial charge < -0.3 is 5.11 Å². The van der Waals surface area contributed by atoms with Crippen molar-refractivity contribution in [3.8, 4) is 0 Å². The molecule has 1 unspecified atom stereocenters. The number of carbonyl (C=O) groups excluding carboxylic acids is 1. The molecule has 1 aliphatic carbocycles. The summed E-state index contributed by atoms with van der Waals surface area (Å²) in [6.07, 6.45) is 8.55. The Morgan fingerprint density at radius 3 is 2.83 bits per heavy atom. The molecule has 0 aliphatic heterocycles. The Kier molecular flexibility index (Phi) is 2.82. The van der Waals surface area contributed by atoms with Gasteiger partial charge in [-0.1, -0.05) is 18.2 Å². The largest absolute Gasteiger partial charge is 0.396 e. The smallest absolute Gasteiger partial charge is 0.165 e. The van der Waals surface area contributed by atoms with Crippen molar-refractivity contribution in [3.05, 3.63) is 24.3 Å². The highest BCUT2D eigenvalue weighted by molar-refractivity contribution is 5.97. The Labute approximate surface area is 72.6 Å². The van der Waals surface area contributed by atoms with E-state index in [9.17, 15) is 4.79 Å². The van der Waals surface area contributed by atoms with Crippen LogP contribution in [-0.2, 0) is 4.79 Å². The lowest BCUT2D eigenvalue weighted by Crippen LogP contribution is -2.25. The predicted molar refractivity (Wildman–Crippen MR) is 47.7 cm³/mol. The van der Waals surface area contributed by atoms with Crippen LogP contribution in [0, 0.1) is 5.41 Å². The van der Waals surface area contributed by atoms with Crippen LogP contribution in [0.4, 0.5) is 0 Å². The van der Waals surface area contributed by atoms with Crippen LogP contribution >= 0.6 is 0 Å². The average Bonchev–Trinajstić information content (AvgIpc) is 2.07. The van der Waals surface area contributed by atoms with Gasteiger partial charge in [-0.15, -0.1) is 0 Å². The second-order valence-electron chi connectivity index (χ2n) is 3.33. The summed E-state index contributed by atoms with van der Waals surface area (Å²) < 4.78 is 0. The van der Waals surface area contributed by atoms with Crippen molar-refractivity contribution in [2.24, 2.45) is 5.41 Å². The zero-order valence-electron chi connectivity index (χ0n) is 7.29. The van der Waals surface area contributed by atoms with E-state index in [-0.39, 0.29) is 17.8 Å². The highest BCUT2D eigenvalue weighted by Crippen LogP contribution is 2.28. The predicted octanol–water partition coefficient (Wildman–Crippen LogP) is 1.46. The van der Waals surface area contributed by atoms with Crippen molar-refractivity contribution < 1.29 is 9.90 Å². The van der Waals surface area contributed by atoms with E-state index in [1.54, 1.807) is 12.2 Å². The van der Waals surface area contributed by atoms with Gasteiger partial charge >= 0.3 is 0 Å². The Balaban J connectivity index is 2.63. The molecule has 0 bridgehead atoms. The van der Waals surface area contributed by atoms with Gasteiger partial charge in [0.1, 0.15) is 0 Å². The minimum Gasteiger partial charge on any atom is -0.396 e. The van der Waals surface area contributed by atoms with Crippen molar-refractivity contribution in [1.82, 2.24) is 0 Å². The van der Waals surface area contributed by atoms with Gasteiger partial charge in [0, 0.05) is 12.0 Å². The van der Waals surface area contributed by atoms with E-state index < -0.39 is 0 Å². The van der Waals surface area contributed by atoms with E-state index in [4.69, 9.17) is 5.11 Å². The van der Waals surface area contributed by atoms with Crippen molar-refractivity contribution in [2.45, 2.75) is 19.8 Å². The third-order valence-corrected chi connectivity index (χ3v) is 2.24. The number of allylic oxidation sites excluding steroid dienone is 4. The van der Waals surface area contributed by atoms with E-state index >= 15 is 0 Å². The van der Waals surface area contributed by atoms with Gasteiger partial charge in [-0.2, -0.15) is 0 Å². The standard InChI is InChI=1S/C10H14O2/c1-10(7-4-8-11)6-3-2-5-9(10)12/h2-3,5-6,11H,4,7-8H2,1H3. The van der Waals surface area contributed by atoms with E-state index in [0.29, 0.717) is 6.42 Å². The molecule has 0 aromatic heterocycles. The first-order valence-electron chi connectivity index (χ1n) is 4.20. The molecule has 0 aromatic carbocycles. The molecule has 2 nitrogen and oxygen atoms in total. The van der Waals surface area contributed by atoms with Crippen LogP contribution < -0.4 is 0 Å². The van der Waals surface area contributed by atoms with Gasteiger partial charge in [0.05, 0.1) is 0 Å². The summed E-state index contributed by atoms with van der Waals surface area (Å²) in [6, 6.07) is 0. The normalized spacial score (nSPS) is 28.0. The summed E-state index contributed by atoms with van der Waals surface area (Å²) in [5.41, 5.74) is -0.378. The molecular weight excluding hydrogens is 152 g/mol. The molecule has 12 heavy (non-hydrogen) atoms. The Bertz CT molecular complexity index is 228. The number of hydrogen-bond donors (Lipinski definition) is 1. The second kappa shape index (κ2) is 3.68. The molecule has 2 heteroatoms. The number of ketones is 1. The maximum absolute atomic E-state index is 11.4. The van der Waals surface area contributed by atoms with Gasteiger partial charge in [0.2, 0.25) is 0 Å². The Hall–Kier alpha value is -0.890. The zero-order chi connectivity index (χ0) is 9.03. The molecule has 1 atom stereocenters. The monoisotopic (exact) mass is 166 g/mol. The highest BCUT2D eigenvalue weighted by Gasteiger charge is 2.28. The van der Waals surface area contributed by atoms with Gasteiger partial charge in [0.15, 0.2) is 5.78 Å². The van der Waals surface area contributed by atoms with E-state index in [2.05, 4.69) is 0 Å². The molecular formula is C10H14O2. The number of aliphatic hydroxyl groups excluding tert-OH is 1. The third-order valence-electron chi connectivity index (χ3n) is 2.24.